The normalized spacial score (nSPS) is 15.4. The summed E-state index contributed by atoms with van der Waals surface area (Å²) in [6.07, 6.45) is 2.95. The van der Waals surface area contributed by atoms with E-state index in [1.54, 1.807) is 23.9 Å². The van der Waals surface area contributed by atoms with Crippen molar-refractivity contribution in [1.82, 2.24) is 14.7 Å². The van der Waals surface area contributed by atoms with Crippen molar-refractivity contribution >= 4 is 0 Å². The number of rotatable bonds is 5. The standard InChI is InChI=1S/C22H24FN3O2/c1-27-19-9-7-17(8-10-19)22-18(15-25-11-4-13-28-14-12-25)16-26(24-22)21-6-3-2-5-20(21)23/h2-3,5-10,16H,4,11-15H2,1H3. The van der Waals surface area contributed by atoms with Gasteiger partial charge in [0, 0.05) is 43.6 Å². The van der Waals surface area contributed by atoms with Crippen LogP contribution in [0.3, 0.4) is 0 Å². The minimum Gasteiger partial charge on any atom is -0.497 e. The quantitative estimate of drug-likeness (QED) is 0.672. The van der Waals surface area contributed by atoms with Gasteiger partial charge < -0.3 is 9.47 Å². The molecule has 2 aromatic carbocycles. The van der Waals surface area contributed by atoms with Gasteiger partial charge in [-0.1, -0.05) is 12.1 Å². The summed E-state index contributed by atoms with van der Waals surface area (Å²) in [5.41, 5.74) is 3.35. The number of hydrogen-bond donors (Lipinski definition) is 0. The average molecular weight is 381 g/mol. The lowest BCUT2D eigenvalue weighted by Gasteiger charge is -2.18. The highest BCUT2D eigenvalue weighted by Gasteiger charge is 2.18. The second-order valence-electron chi connectivity index (χ2n) is 6.87. The average Bonchev–Trinajstić information content (AvgIpc) is 2.96. The fourth-order valence-corrected chi connectivity index (χ4v) is 3.47. The van der Waals surface area contributed by atoms with Crippen molar-refractivity contribution in [3.63, 3.8) is 0 Å². The molecular formula is C22H24FN3O2. The van der Waals surface area contributed by atoms with Crippen LogP contribution in [-0.2, 0) is 11.3 Å². The number of hydrogen-bond acceptors (Lipinski definition) is 4. The fraction of sp³-hybridized carbons (Fsp3) is 0.318. The van der Waals surface area contributed by atoms with Crippen LogP contribution in [0.25, 0.3) is 16.9 Å². The zero-order chi connectivity index (χ0) is 19.3. The molecule has 0 spiro atoms. The van der Waals surface area contributed by atoms with E-state index >= 15 is 0 Å². The van der Waals surface area contributed by atoms with E-state index in [0.717, 1.165) is 61.8 Å². The Bertz CT molecular complexity index is 916. The molecule has 2 heterocycles. The molecule has 1 aliphatic rings. The zero-order valence-corrected chi connectivity index (χ0v) is 16.0. The predicted molar refractivity (Wildman–Crippen MR) is 106 cm³/mol. The molecule has 0 radical (unpaired) electrons. The van der Waals surface area contributed by atoms with Crippen molar-refractivity contribution < 1.29 is 13.9 Å². The van der Waals surface area contributed by atoms with Gasteiger partial charge in [0.25, 0.3) is 0 Å². The number of nitrogens with zero attached hydrogens (tertiary/aromatic N) is 3. The SMILES string of the molecule is COc1ccc(-c2nn(-c3ccccc3F)cc2CN2CCCOCC2)cc1. The zero-order valence-electron chi connectivity index (χ0n) is 16.0. The topological polar surface area (TPSA) is 39.5 Å². The van der Waals surface area contributed by atoms with E-state index in [4.69, 9.17) is 14.6 Å². The lowest BCUT2D eigenvalue weighted by molar-refractivity contribution is 0.140. The Hall–Kier alpha value is -2.70. The molecule has 4 rings (SSSR count). The molecule has 146 valence electrons. The van der Waals surface area contributed by atoms with E-state index in [1.165, 1.54) is 6.07 Å². The maximum Gasteiger partial charge on any atom is 0.148 e. The van der Waals surface area contributed by atoms with Crippen molar-refractivity contribution in [2.24, 2.45) is 0 Å². The van der Waals surface area contributed by atoms with Gasteiger partial charge in [-0.15, -0.1) is 0 Å². The third-order valence-electron chi connectivity index (χ3n) is 4.96. The van der Waals surface area contributed by atoms with E-state index in [0.29, 0.717) is 5.69 Å². The summed E-state index contributed by atoms with van der Waals surface area (Å²) in [7, 11) is 1.65. The molecular weight excluding hydrogens is 357 g/mol. The van der Waals surface area contributed by atoms with Gasteiger partial charge in [0.15, 0.2) is 0 Å². The molecule has 3 aromatic rings. The summed E-state index contributed by atoms with van der Waals surface area (Å²) in [4.78, 5) is 2.36. The Morgan fingerprint density at radius 1 is 1.07 bits per heavy atom. The molecule has 0 unspecified atom stereocenters. The van der Waals surface area contributed by atoms with Crippen LogP contribution in [0.2, 0.25) is 0 Å². The van der Waals surface area contributed by atoms with Crippen molar-refractivity contribution in [2.75, 3.05) is 33.4 Å². The molecule has 0 bridgehead atoms. The van der Waals surface area contributed by atoms with E-state index in [9.17, 15) is 4.39 Å². The van der Waals surface area contributed by atoms with Gasteiger partial charge in [0.1, 0.15) is 17.3 Å². The lowest BCUT2D eigenvalue weighted by Crippen LogP contribution is -2.25. The van der Waals surface area contributed by atoms with Gasteiger partial charge in [-0.2, -0.15) is 5.10 Å². The van der Waals surface area contributed by atoms with E-state index < -0.39 is 0 Å². The molecule has 28 heavy (non-hydrogen) atoms. The number of para-hydroxylation sites is 1. The van der Waals surface area contributed by atoms with Crippen LogP contribution in [0.4, 0.5) is 4.39 Å². The number of halogens is 1. The number of aromatic nitrogens is 2. The first-order chi connectivity index (χ1) is 13.7. The molecule has 1 aliphatic heterocycles. The summed E-state index contributed by atoms with van der Waals surface area (Å²) in [6.45, 7) is 4.15. The monoisotopic (exact) mass is 381 g/mol. The Morgan fingerprint density at radius 3 is 2.68 bits per heavy atom. The van der Waals surface area contributed by atoms with Crippen molar-refractivity contribution in [2.45, 2.75) is 13.0 Å². The Balaban J connectivity index is 1.72. The molecule has 1 fully saturated rings. The van der Waals surface area contributed by atoms with E-state index in [2.05, 4.69) is 4.90 Å². The van der Waals surface area contributed by atoms with Gasteiger partial charge in [0.2, 0.25) is 0 Å². The molecule has 0 saturated carbocycles. The fourth-order valence-electron chi connectivity index (χ4n) is 3.47. The number of methoxy groups -OCH3 is 1. The van der Waals surface area contributed by atoms with Crippen LogP contribution in [-0.4, -0.2) is 48.1 Å². The summed E-state index contributed by atoms with van der Waals surface area (Å²) in [6, 6.07) is 14.5. The smallest absolute Gasteiger partial charge is 0.148 e. The molecule has 0 aliphatic carbocycles. The second-order valence-corrected chi connectivity index (χ2v) is 6.87. The minimum atomic E-state index is -0.291. The predicted octanol–water partition coefficient (Wildman–Crippen LogP) is 3.91. The molecule has 6 heteroatoms. The first-order valence-corrected chi connectivity index (χ1v) is 9.52. The molecule has 1 saturated heterocycles. The van der Waals surface area contributed by atoms with Crippen LogP contribution in [0, 0.1) is 5.82 Å². The Labute approximate surface area is 164 Å². The number of benzene rings is 2. The number of ether oxygens (including phenoxy) is 2. The third-order valence-corrected chi connectivity index (χ3v) is 4.96. The highest BCUT2D eigenvalue weighted by atomic mass is 19.1. The highest BCUT2D eigenvalue weighted by molar-refractivity contribution is 5.64. The summed E-state index contributed by atoms with van der Waals surface area (Å²) < 4.78 is 26.8. The van der Waals surface area contributed by atoms with E-state index in [1.807, 2.05) is 36.5 Å². The Kier molecular flexibility index (Phi) is 5.69. The van der Waals surface area contributed by atoms with Crippen molar-refractivity contribution in [1.29, 1.82) is 0 Å². The van der Waals surface area contributed by atoms with Gasteiger partial charge in [-0.25, -0.2) is 9.07 Å². The summed E-state index contributed by atoms with van der Waals surface area (Å²) in [5.74, 6) is 0.504. The first kappa shape index (κ1) is 18.7. The van der Waals surface area contributed by atoms with Gasteiger partial charge in [0.05, 0.1) is 19.4 Å². The van der Waals surface area contributed by atoms with Crippen LogP contribution < -0.4 is 4.74 Å². The molecule has 1 aromatic heterocycles. The molecule has 5 nitrogen and oxygen atoms in total. The highest BCUT2D eigenvalue weighted by Crippen LogP contribution is 2.27. The van der Waals surface area contributed by atoms with Crippen molar-refractivity contribution in [3.05, 3.63) is 66.1 Å². The second kappa shape index (κ2) is 8.54. The molecule has 0 atom stereocenters. The summed E-state index contributed by atoms with van der Waals surface area (Å²) in [5, 5.41) is 4.73. The van der Waals surface area contributed by atoms with Gasteiger partial charge in [-0.3, -0.25) is 4.90 Å². The van der Waals surface area contributed by atoms with Gasteiger partial charge >= 0.3 is 0 Å². The van der Waals surface area contributed by atoms with Crippen LogP contribution >= 0.6 is 0 Å². The third kappa shape index (κ3) is 4.08. The first-order valence-electron chi connectivity index (χ1n) is 9.52. The van der Waals surface area contributed by atoms with Crippen molar-refractivity contribution in [3.8, 4) is 22.7 Å². The van der Waals surface area contributed by atoms with Crippen LogP contribution in [0.15, 0.2) is 54.7 Å². The van der Waals surface area contributed by atoms with Gasteiger partial charge in [-0.05, 0) is 42.8 Å². The minimum absolute atomic E-state index is 0.291. The maximum absolute atomic E-state index is 14.3. The molecule has 0 amide bonds. The van der Waals surface area contributed by atoms with Crippen LogP contribution in [0.1, 0.15) is 12.0 Å². The largest absolute Gasteiger partial charge is 0.497 e. The van der Waals surface area contributed by atoms with Crippen LogP contribution in [0.5, 0.6) is 5.75 Å². The van der Waals surface area contributed by atoms with E-state index in [-0.39, 0.29) is 5.82 Å². The maximum atomic E-state index is 14.3. The lowest BCUT2D eigenvalue weighted by atomic mass is 10.1. The molecule has 0 N–H and O–H groups in total. The summed E-state index contributed by atoms with van der Waals surface area (Å²) >= 11 is 0. The Morgan fingerprint density at radius 2 is 1.89 bits per heavy atom.